The number of rotatable bonds is 2. The van der Waals surface area contributed by atoms with Crippen molar-refractivity contribution in [3.05, 3.63) is 53.3 Å². The normalized spacial score (nSPS) is 10.5. The van der Waals surface area contributed by atoms with Gasteiger partial charge in [0.05, 0.1) is 7.11 Å². The van der Waals surface area contributed by atoms with E-state index in [1.54, 1.807) is 0 Å². The van der Waals surface area contributed by atoms with Crippen LogP contribution in [0, 0.1) is 24.4 Å². The van der Waals surface area contributed by atoms with Gasteiger partial charge in [0.25, 0.3) is 0 Å². The first-order valence-electron chi connectivity index (χ1n) is 5.32. The van der Waals surface area contributed by atoms with Crippen molar-refractivity contribution in [1.29, 1.82) is 0 Å². The van der Waals surface area contributed by atoms with Gasteiger partial charge < -0.3 is 4.74 Å². The fourth-order valence-corrected chi connectivity index (χ4v) is 1.66. The van der Waals surface area contributed by atoms with E-state index in [2.05, 4.69) is 0 Å². The maximum absolute atomic E-state index is 13.8. The van der Waals surface area contributed by atoms with E-state index in [1.165, 1.54) is 32.2 Å². The summed E-state index contributed by atoms with van der Waals surface area (Å²) in [6.45, 7) is 1.33. The smallest absolute Gasteiger partial charge is 0.134 e. The Labute approximate surface area is 103 Å². The van der Waals surface area contributed by atoms with Gasteiger partial charge in [-0.15, -0.1) is 0 Å². The van der Waals surface area contributed by atoms with E-state index in [9.17, 15) is 13.2 Å². The summed E-state index contributed by atoms with van der Waals surface area (Å²) in [6, 6.07) is 6.36. The minimum absolute atomic E-state index is 0.0762. The zero-order valence-electron chi connectivity index (χ0n) is 9.93. The van der Waals surface area contributed by atoms with Crippen LogP contribution in [0.2, 0.25) is 0 Å². The number of hydrogen-bond donors (Lipinski definition) is 0. The minimum Gasteiger partial charge on any atom is -0.497 e. The molecule has 0 aliphatic carbocycles. The molecule has 0 unspecified atom stereocenters. The van der Waals surface area contributed by atoms with Gasteiger partial charge in [-0.25, -0.2) is 13.2 Å². The highest BCUT2D eigenvalue weighted by Gasteiger charge is 2.12. The fourth-order valence-electron chi connectivity index (χ4n) is 1.66. The largest absolute Gasteiger partial charge is 0.497 e. The molecule has 94 valence electrons. The highest BCUT2D eigenvalue weighted by molar-refractivity contribution is 5.65. The van der Waals surface area contributed by atoms with Crippen molar-refractivity contribution in [1.82, 2.24) is 0 Å². The van der Waals surface area contributed by atoms with Crippen LogP contribution in [0.4, 0.5) is 13.2 Å². The summed E-state index contributed by atoms with van der Waals surface area (Å²) in [4.78, 5) is 0. The van der Waals surface area contributed by atoms with Crippen molar-refractivity contribution in [3.63, 3.8) is 0 Å². The van der Waals surface area contributed by atoms with Gasteiger partial charge >= 0.3 is 0 Å². The van der Waals surface area contributed by atoms with Crippen LogP contribution >= 0.6 is 0 Å². The van der Waals surface area contributed by atoms with E-state index in [4.69, 9.17) is 4.74 Å². The van der Waals surface area contributed by atoms with Gasteiger partial charge in [-0.05, 0) is 36.8 Å². The third kappa shape index (κ3) is 2.18. The molecule has 0 saturated heterocycles. The number of methoxy groups -OCH3 is 1. The Balaban J connectivity index is 2.55. The van der Waals surface area contributed by atoms with Crippen LogP contribution < -0.4 is 4.74 Å². The van der Waals surface area contributed by atoms with Crippen LogP contribution in [0.3, 0.4) is 0 Å². The van der Waals surface area contributed by atoms with Crippen LogP contribution in [-0.2, 0) is 0 Å². The SMILES string of the molecule is COc1ccc(-c2cc(F)c(C)c(F)c2)c(F)c1. The van der Waals surface area contributed by atoms with Crippen molar-refractivity contribution in [2.24, 2.45) is 0 Å². The van der Waals surface area contributed by atoms with Gasteiger partial charge in [0.1, 0.15) is 23.2 Å². The lowest BCUT2D eigenvalue weighted by molar-refractivity contribution is 0.411. The summed E-state index contributed by atoms with van der Waals surface area (Å²) < 4.78 is 45.5. The van der Waals surface area contributed by atoms with Crippen molar-refractivity contribution in [2.45, 2.75) is 6.92 Å². The summed E-state index contributed by atoms with van der Waals surface area (Å²) in [5.74, 6) is -1.62. The van der Waals surface area contributed by atoms with E-state index in [0.29, 0.717) is 5.75 Å². The van der Waals surface area contributed by atoms with Crippen LogP contribution in [0.25, 0.3) is 11.1 Å². The molecule has 0 fully saturated rings. The van der Waals surface area contributed by atoms with E-state index in [-0.39, 0.29) is 16.7 Å². The zero-order valence-corrected chi connectivity index (χ0v) is 9.93. The number of benzene rings is 2. The van der Waals surface area contributed by atoms with Gasteiger partial charge in [-0.1, -0.05) is 0 Å². The van der Waals surface area contributed by atoms with Crippen molar-refractivity contribution in [2.75, 3.05) is 7.11 Å². The molecule has 0 aliphatic rings. The highest BCUT2D eigenvalue weighted by atomic mass is 19.1. The van der Waals surface area contributed by atoms with Crippen LogP contribution in [0.15, 0.2) is 30.3 Å². The Kier molecular flexibility index (Phi) is 3.28. The molecule has 1 nitrogen and oxygen atoms in total. The van der Waals surface area contributed by atoms with Gasteiger partial charge in [-0.2, -0.15) is 0 Å². The van der Waals surface area contributed by atoms with E-state index >= 15 is 0 Å². The molecule has 0 N–H and O–H groups in total. The highest BCUT2D eigenvalue weighted by Crippen LogP contribution is 2.28. The molecule has 0 aliphatic heterocycles. The molecule has 0 spiro atoms. The summed E-state index contributed by atoms with van der Waals surface area (Å²) >= 11 is 0. The number of ether oxygens (including phenoxy) is 1. The summed E-state index contributed by atoms with van der Waals surface area (Å²) in [5, 5.41) is 0. The van der Waals surface area contributed by atoms with Gasteiger partial charge in [0.2, 0.25) is 0 Å². The Bertz CT molecular complexity index is 571. The predicted octanol–water partition coefficient (Wildman–Crippen LogP) is 4.09. The molecule has 0 radical (unpaired) electrons. The van der Waals surface area contributed by atoms with E-state index in [1.807, 2.05) is 0 Å². The quantitative estimate of drug-likeness (QED) is 0.782. The predicted molar refractivity (Wildman–Crippen MR) is 63.0 cm³/mol. The first-order chi connectivity index (χ1) is 8.52. The molecule has 0 atom stereocenters. The summed E-state index contributed by atoms with van der Waals surface area (Å²) in [6.07, 6.45) is 0. The molecule has 18 heavy (non-hydrogen) atoms. The summed E-state index contributed by atoms with van der Waals surface area (Å²) in [7, 11) is 1.42. The molecule has 0 heterocycles. The second kappa shape index (κ2) is 4.72. The molecule has 2 aromatic rings. The maximum Gasteiger partial charge on any atom is 0.134 e. The monoisotopic (exact) mass is 252 g/mol. The Morgan fingerprint density at radius 2 is 1.50 bits per heavy atom. The number of halogens is 3. The lowest BCUT2D eigenvalue weighted by Gasteiger charge is -2.08. The molecule has 2 rings (SSSR count). The molecule has 0 amide bonds. The molecular formula is C14H11F3O. The average Bonchev–Trinajstić information content (AvgIpc) is 2.35. The number of hydrogen-bond acceptors (Lipinski definition) is 1. The van der Waals surface area contributed by atoms with E-state index in [0.717, 1.165) is 12.1 Å². The van der Waals surface area contributed by atoms with Crippen molar-refractivity contribution in [3.8, 4) is 16.9 Å². The Morgan fingerprint density at radius 3 is 2.00 bits per heavy atom. The minimum atomic E-state index is -0.694. The van der Waals surface area contributed by atoms with Crippen LogP contribution in [0.5, 0.6) is 5.75 Å². The molecule has 0 saturated carbocycles. The molecule has 0 bridgehead atoms. The lowest BCUT2D eigenvalue weighted by atomic mass is 10.0. The van der Waals surface area contributed by atoms with Crippen molar-refractivity contribution < 1.29 is 17.9 Å². The second-order valence-electron chi connectivity index (χ2n) is 3.91. The topological polar surface area (TPSA) is 9.23 Å². The maximum atomic E-state index is 13.8. The average molecular weight is 252 g/mol. The van der Waals surface area contributed by atoms with Gasteiger partial charge in [0, 0.05) is 17.2 Å². The molecule has 2 aromatic carbocycles. The third-order valence-electron chi connectivity index (χ3n) is 2.77. The standard InChI is InChI=1S/C14H11F3O/c1-8-12(15)5-9(6-13(8)16)11-4-3-10(18-2)7-14(11)17/h3-7H,1-2H3. The van der Waals surface area contributed by atoms with Gasteiger partial charge in [-0.3, -0.25) is 0 Å². The summed E-state index contributed by atoms with van der Waals surface area (Å²) in [5.41, 5.74) is 0.219. The zero-order chi connectivity index (χ0) is 13.3. The van der Waals surface area contributed by atoms with E-state index < -0.39 is 17.5 Å². The van der Waals surface area contributed by atoms with Crippen LogP contribution in [-0.4, -0.2) is 7.11 Å². The van der Waals surface area contributed by atoms with Gasteiger partial charge in [0.15, 0.2) is 0 Å². The Morgan fingerprint density at radius 1 is 0.889 bits per heavy atom. The molecule has 4 heteroatoms. The second-order valence-corrected chi connectivity index (χ2v) is 3.91. The van der Waals surface area contributed by atoms with Crippen LogP contribution in [0.1, 0.15) is 5.56 Å². The first kappa shape index (κ1) is 12.5. The Hall–Kier alpha value is -1.97. The molecular weight excluding hydrogens is 241 g/mol. The lowest BCUT2D eigenvalue weighted by Crippen LogP contribution is -1.93. The fraction of sp³-hybridized carbons (Fsp3) is 0.143. The van der Waals surface area contributed by atoms with Crippen molar-refractivity contribution >= 4 is 0 Å². The first-order valence-corrected chi connectivity index (χ1v) is 5.32. The third-order valence-corrected chi connectivity index (χ3v) is 2.77. The molecule has 0 aromatic heterocycles.